The number of rotatable bonds is 15. The number of nitrogens with zero attached hydrogens (tertiary/aromatic N) is 2. The maximum Gasteiger partial charge on any atom is 0.249 e. The molecule has 1 heterocycles. The average Bonchev–Trinajstić information content (AvgIpc) is 3.46. The third-order valence-corrected chi connectivity index (χ3v) is 8.74. The molecule has 1 unspecified atom stereocenters. The van der Waals surface area contributed by atoms with Crippen LogP contribution < -0.4 is 11.1 Å². The van der Waals surface area contributed by atoms with Crippen LogP contribution in [0.2, 0.25) is 0 Å². The van der Waals surface area contributed by atoms with E-state index in [4.69, 9.17) is 5.73 Å². The number of allylic oxidation sites excluding steroid dienone is 2. The highest BCUT2D eigenvalue weighted by molar-refractivity contribution is 5.96. The van der Waals surface area contributed by atoms with Crippen molar-refractivity contribution in [2.24, 2.45) is 17.1 Å². The Morgan fingerprint density at radius 2 is 1.69 bits per heavy atom. The van der Waals surface area contributed by atoms with Crippen molar-refractivity contribution in [3.8, 4) is 0 Å². The Hall–Kier alpha value is -3.26. The van der Waals surface area contributed by atoms with Gasteiger partial charge in [0.05, 0.1) is 11.5 Å². The number of likely N-dealkylation sites (tertiary alicyclic amines) is 1. The zero-order chi connectivity index (χ0) is 30.0. The number of aliphatic hydroxyl groups is 1. The number of benzene rings is 2. The molecule has 0 aromatic heterocycles. The van der Waals surface area contributed by atoms with E-state index in [0.717, 1.165) is 44.5 Å². The lowest BCUT2D eigenvalue weighted by Gasteiger charge is -2.41. The molecule has 1 fully saturated rings. The zero-order valence-electron chi connectivity index (χ0n) is 25.3. The zero-order valence-corrected chi connectivity index (χ0v) is 25.3. The number of carbonyl (C=O) groups excluding carboxylic acids is 2. The summed E-state index contributed by atoms with van der Waals surface area (Å²) in [5.41, 5.74) is 7.88. The third kappa shape index (κ3) is 7.97. The van der Waals surface area contributed by atoms with Gasteiger partial charge in [0, 0.05) is 56.8 Å². The number of carbonyl (C=O) groups is 2. The van der Waals surface area contributed by atoms with Gasteiger partial charge in [0.1, 0.15) is 0 Å². The van der Waals surface area contributed by atoms with Gasteiger partial charge in [-0.15, -0.1) is 0 Å². The van der Waals surface area contributed by atoms with Crippen molar-refractivity contribution in [1.82, 2.24) is 15.1 Å². The van der Waals surface area contributed by atoms with Crippen LogP contribution in [0.4, 0.5) is 0 Å². The van der Waals surface area contributed by atoms with Gasteiger partial charge in [0.2, 0.25) is 11.8 Å². The standard InChI is InChI=1S/C35H48N4O3/c1-3-19-39(20-4-2)33(41)29-16-11-18-35(23-29,34(36)42)31(22-27-12-7-5-8-13-27)32(40)24-37-30-17-21-38(26-30)25-28-14-9-6-10-15-28/h5-16,18,30-32,37,40H,3-4,17,19-26H2,1-2H3,(H2,36,42)/t30-,31-,32+,35?/m1/s1. The molecule has 7 heteroatoms. The van der Waals surface area contributed by atoms with Crippen LogP contribution in [0.25, 0.3) is 0 Å². The van der Waals surface area contributed by atoms with Crippen molar-refractivity contribution < 1.29 is 14.7 Å². The van der Waals surface area contributed by atoms with Gasteiger partial charge >= 0.3 is 0 Å². The van der Waals surface area contributed by atoms with E-state index in [1.165, 1.54) is 5.56 Å². The Balaban J connectivity index is 1.51. The Kier molecular flexibility index (Phi) is 11.5. The van der Waals surface area contributed by atoms with Crippen molar-refractivity contribution in [3.05, 3.63) is 95.6 Å². The Labute approximate surface area is 251 Å². The highest BCUT2D eigenvalue weighted by Gasteiger charge is 2.48. The Morgan fingerprint density at radius 1 is 1.05 bits per heavy atom. The molecule has 7 nitrogen and oxygen atoms in total. The van der Waals surface area contributed by atoms with E-state index in [9.17, 15) is 14.7 Å². The van der Waals surface area contributed by atoms with Gasteiger partial charge in [-0.1, -0.05) is 92.7 Å². The van der Waals surface area contributed by atoms with E-state index in [0.29, 0.717) is 31.6 Å². The lowest BCUT2D eigenvalue weighted by atomic mass is 9.64. The molecule has 4 N–H and O–H groups in total. The fourth-order valence-corrected chi connectivity index (χ4v) is 6.52. The quantitative estimate of drug-likeness (QED) is 0.299. The molecule has 0 bridgehead atoms. The van der Waals surface area contributed by atoms with Gasteiger partial charge in [-0.3, -0.25) is 14.5 Å². The van der Waals surface area contributed by atoms with Crippen molar-refractivity contribution in [2.75, 3.05) is 32.7 Å². The van der Waals surface area contributed by atoms with E-state index >= 15 is 0 Å². The van der Waals surface area contributed by atoms with Crippen LogP contribution in [0.1, 0.15) is 50.7 Å². The first-order valence-electron chi connectivity index (χ1n) is 15.6. The van der Waals surface area contributed by atoms with Gasteiger partial charge in [-0.2, -0.15) is 0 Å². The molecule has 0 radical (unpaired) electrons. The number of aliphatic hydroxyl groups excluding tert-OH is 1. The molecule has 0 spiro atoms. The summed E-state index contributed by atoms with van der Waals surface area (Å²) in [5, 5.41) is 15.4. The molecule has 4 rings (SSSR count). The van der Waals surface area contributed by atoms with Crippen molar-refractivity contribution in [2.45, 2.75) is 64.6 Å². The highest BCUT2D eigenvalue weighted by Crippen LogP contribution is 2.43. The molecule has 226 valence electrons. The molecule has 0 saturated carbocycles. The van der Waals surface area contributed by atoms with Crippen LogP contribution in [-0.2, 0) is 22.6 Å². The van der Waals surface area contributed by atoms with Gasteiger partial charge < -0.3 is 21.1 Å². The fourth-order valence-electron chi connectivity index (χ4n) is 6.52. The summed E-state index contributed by atoms with van der Waals surface area (Å²) in [7, 11) is 0. The maximum absolute atomic E-state index is 13.6. The minimum Gasteiger partial charge on any atom is -0.391 e. The number of primary amides is 1. The second-order valence-corrected chi connectivity index (χ2v) is 11.9. The van der Waals surface area contributed by atoms with E-state index in [2.05, 4.69) is 48.3 Å². The molecule has 2 amide bonds. The fraction of sp³-hybridized carbons (Fsp3) is 0.486. The number of nitrogens with one attached hydrogen (secondary N) is 1. The summed E-state index contributed by atoms with van der Waals surface area (Å²) < 4.78 is 0. The van der Waals surface area contributed by atoms with E-state index in [1.54, 1.807) is 6.08 Å². The van der Waals surface area contributed by atoms with E-state index < -0.39 is 23.3 Å². The number of hydrogen-bond acceptors (Lipinski definition) is 5. The van der Waals surface area contributed by atoms with E-state index in [1.807, 2.05) is 53.5 Å². The molecule has 2 aromatic rings. The van der Waals surface area contributed by atoms with Gasteiger partial charge in [-0.05, 0) is 43.2 Å². The first-order chi connectivity index (χ1) is 20.4. The van der Waals surface area contributed by atoms with Gasteiger partial charge in [0.25, 0.3) is 0 Å². The van der Waals surface area contributed by atoms with Crippen LogP contribution in [0.15, 0.2) is 84.5 Å². The molecule has 4 atom stereocenters. The predicted molar refractivity (Wildman–Crippen MR) is 168 cm³/mol. The molecule has 1 aliphatic carbocycles. The third-order valence-electron chi connectivity index (χ3n) is 8.74. The normalized spacial score (nSPS) is 22.0. The van der Waals surface area contributed by atoms with Crippen molar-refractivity contribution in [1.29, 1.82) is 0 Å². The molecule has 1 saturated heterocycles. The molecular weight excluding hydrogens is 524 g/mol. The van der Waals surface area contributed by atoms with Gasteiger partial charge in [0.15, 0.2) is 0 Å². The lowest BCUT2D eigenvalue weighted by molar-refractivity contribution is -0.132. The Morgan fingerprint density at radius 3 is 2.31 bits per heavy atom. The smallest absolute Gasteiger partial charge is 0.249 e. The second-order valence-electron chi connectivity index (χ2n) is 11.9. The summed E-state index contributed by atoms with van der Waals surface area (Å²) >= 11 is 0. The van der Waals surface area contributed by atoms with E-state index in [-0.39, 0.29) is 18.4 Å². The molecule has 42 heavy (non-hydrogen) atoms. The predicted octanol–water partition coefficient (Wildman–Crippen LogP) is 4.08. The SMILES string of the molecule is CCCN(CCC)C(=O)C1=CC=CC(C(N)=O)([C@H](Cc2ccccc2)[C@@H](O)CN[C@@H]2CCN(Cc3ccccc3)C2)C1. The van der Waals surface area contributed by atoms with Crippen LogP contribution >= 0.6 is 0 Å². The van der Waals surface area contributed by atoms with Gasteiger partial charge in [-0.25, -0.2) is 0 Å². The Bertz CT molecular complexity index is 1210. The number of nitrogens with two attached hydrogens (primary N) is 1. The maximum atomic E-state index is 13.6. The lowest BCUT2D eigenvalue weighted by Crippen LogP contribution is -2.52. The van der Waals surface area contributed by atoms with Crippen LogP contribution in [-0.4, -0.2) is 71.6 Å². The van der Waals surface area contributed by atoms with Crippen molar-refractivity contribution >= 4 is 11.8 Å². The monoisotopic (exact) mass is 572 g/mol. The summed E-state index contributed by atoms with van der Waals surface area (Å²) in [6.07, 6.45) is 7.95. The summed E-state index contributed by atoms with van der Waals surface area (Å²) in [4.78, 5) is 31.2. The topological polar surface area (TPSA) is 98.9 Å². The van der Waals surface area contributed by atoms with Crippen LogP contribution in [0.5, 0.6) is 0 Å². The molecule has 1 aliphatic heterocycles. The first kappa shape index (κ1) is 31.7. The minimum absolute atomic E-state index is 0.0517. The first-order valence-corrected chi connectivity index (χ1v) is 15.6. The van der Waals surface area contributed by atoms with Crippen LogP contribution in [0, 0.1) is 11.3 Å². The summed E-state index contributed by atoms with van der Waals surface area (Å²) in [6.45, 7) is 8.59. The summed E-state index contributed by atoms with van der Waals surface area (Å²) in [5.74, 6) is -1.07. The van der Waals surface area contributed by atoms with Crippen LogP contribution in [0.3, 0.4) is 0 Å². The summed E-state index contributed by atoms with van der Waals surface area (Å²) in [6, 6.07) is 20.6. The molecule has 2 aromatic carbocycles. The highest BCUT2D eigenvalue weighted by atomic mass is 16.3. The van der Waals surface area contributed by atoms with Crippen molar-refractivity contribution in [3.63, 3.8) is 0 Å². The number of hydrogen-bond donors (Lipinski definition) is 3. The second kappa shape index (κ2) is 15.3. The average molecular weight is 573 g/mol. The minimum atomic E-state index is -1.18. The number of amides is 2. The largest absolute Gasteiger partial charge is 0.391 e. The molecular formula is C35H48N4O3. The molecule has 2 aliphatic rings.